The molecule has 0 aliphatic carbocycles. The maximum atomic E-state index is 11.2. The molecule has 0 bridgehead atoms. The van der Waals surface area contributed by atoms with Crippen molar-refractivity contribution in [1.82, 2.24) is 0 Å². The topological polar surface area (TPSA) is 52.6 Å². The zero-order chi connectivity index (χ0) is 16.4. The van der Waals surface area contributed by atoms with Gasteiger partial charge in [-0.25, -0.2) is 9.59 Å². The largest absolute Gasteiger partial charge is 0.462 e. The Morgan fingerprint density at radius 3 is 1.52 bits per heavy atom. The first kappa shape index (κ1) is 19.8. The lowest BCUT2D eigenvalue weighted by molar-refractivity contribution is -0.139. The summed E-state index contributed by atoms with van der Waals surface area (Å²) in [6.45, 7) is 15.3. The molecule has 0 aromatic carbocycles. The van der Waals surface area contributed by atoms with Crippen molar-refractivity contribution < 1.29 is 19.1 Å². The second kappa shape index (κ2) is 10.5. The van der Waals surface area contributed by atoms with Crippen LogP contribution in [-0.2, 0) is 19.1 Å². The number of hydrogen-bond acceptors (Lipinski definition) is 5. The molecule has 0 fully saturated rings. The maximum Gasteiger partial charge on any atom is 0.333 e. The summed E-state index contributed by atoms with van der Waals surface area (Å²) in [6.07, 6.45) is 1.58. The van der Waals surface area contributed by atoms with Crippen LogP contribution in [0.2, 0.25) is 0 Å². The third-order valence-corrected chi connectivity index (χ3v) is 4.08. The van der Waals surface area contributed by atoms with E-state index in [1.54, 1.807) is 25.6 Å². The van der Waals surface area contributed by atoms with Crippen LogP contribution < -0.4 is 0 Å². The Hall–Kier alpha value is -1.23. The van der Waals surface area contributed by atoms with E-state index in [4.69, 9.17) is 9.47 Å². The van der Waals surface area contributed by atoms with Gasteiger partial charge in [-0.2, -0.15) is 11.8 Å². The predicted octanol–water partition coefficient (Wildman–Crippen LogP) is 3.52. The van der Waals surface area contributed by atoms with Crippen LogP contribution in [0.3, 0.4) is 0 Å². The SMILES string of the molecule is C=C(C)C(=O)OCCC(C)SC(C)CCOC(=O)C(=C)C. The van der Waals surface area contributed by atoms with Crippen LogP contribution in [0.5, 0.6) is 0 Å². The average Bonchev–Trinajstić information content (AvgIpc) is 2.37. The minimum Gasteiger partial charge on any atom is -0.462 e. The van der Waals surface area contributed by atoms with Gasteiger partial charge in [-0.05, 0) is 26.7 Å². The van der Waals surface area contributed by atoms with Crippen molar-refractivity contribution in [2.75, 3.05) is 13.2 Å². The van der Waals surface area contributed by atoms with Crippen LogP contribution in [0.15, 0.2) is 24.3 Å². The summed E-state index contributed by atoms with van der Waals surface area (Å²) in [6, 6.07) is 0. The molecular formula is C16H26O4S. The van der Waals surface area contributed by atoms with Crippen molar-refractivity contribution in [1.29, 1.82) is 0 Å². The molecule has 0 amide bonds. The molecule has 0 aromatic heterocycles. The van der Waals surface area contributed by atoms with Crippen LogP contribution in [-0.4, -0.2) is 35.7 Å². The minimum atomic E-state index is -0.341. The molecule has 0 aromatic rings. The van der Waals surface area contributed by atoms with Crippen molar-refractivity contribution in [3.05, 3.63) is 24.3 Å². The number of esters is 2. The average molecular weight is 314 g/mol. The zero-order valence-corrected chi connectivity index (χ0v) is 14.3. The molecular weight excluding hydrogens is 288 g/mol. The highest BCUT2D eigenvalue weighted by Gasteiger charge is 2.12. The van der Waals surface area contributed by atoms with E-state index in [0.29, 0.717) is 34.9 Å². The Bertz CT molecular complexity index is 354. The van der Waals surface area contributed by atoms with Crippen LogP contribution in [0.4, 0.5) is 0 Å². The molecule has 0 saturated heterocycles. The molecule has 2 unspecified atom stereocenters. The summed E-state index contributed by atoms with van der Waals surface area (Å²) in [7, 11) is 0. The number of hydrogen-bond donors (Lipinski definition) is 0. The Labute approximate surface area is 132 Å². The van der Waals surface area contributed by atoms with E-state index in [-0.39, 0.29) is 11.9 Å². The van der Waals surface area contributed by atoms with E-state index in [9.17, 15) is 9.59 Å². The molecule has 0 heterocycles. The first-order valence-corrected chi connectivity index (χ1v) is 7.99. The molecule has 0 saturated carbocycles. The van der Waals surface area contributed by atoms with Gasteiger partial charge >= 0.3 is 11.9 Å². The molecule has 120 valence electrons. The molecule has 0 N–H and O–H groups in total. The molecule has 0 aliphatic rings. The molecule has 0 aliphatic heterocycles. The zero-order valence-electron chi connectivity index (χ0n) is 13.4. The number of carbonyl (C=O) groups is 2. The Balaban J connectivity index is 3.76. The second-order valence-electron chi connectivity index (χ2n) is 5.17. The monoisotopic (exact) mass is 314 g/mol. The maximum absolute atomic E-state index is 11.2. The molecule has 0 spiro atoms. The predicted molar refractivity (Wildman–Crippen MR) is 87.3 cm³/mol. The van der Waals surface area contributed by atoms with Crippen LogP contribution >= 0.6 is 11.8 Å². The molecule has 5 heteroatoms. The summed E-state index contributed by atoms with van der Waals surface area (Å²) < 4.78 is 10.1. The molecule has 0 radical (unpaired) electrons. The first-order valence-electron chi connectivity index (χ1n) is 7.04. The van der Waals surface area contributed by atoms with E-state index < -0.39 is 0 Å². The highest BCUT2D eigenvalue weighted by molar-refractivity contribution is 8.00. The van der Waals surface area contributed by atoms with Gasteiger partial charge in [-0.1, -0.05) is 27.0 Å². The molecule has 21 heavy (non-hydrogen) atoms. The van der Waals surface area contributed by atoms with Crippen molar-refractivity contribution >= 4 is 23.7 Å². The van der Waals surface area contributed by atoms with Gasteiger partial charge in [0.15, 0.2) is 0 Å². The van der Waals surface area contributed by atoms with E-state index >= 15 is 0 Å². The van der Waals surface area contributed by atoms with Gasteiger partial charge in [0.2, 0.25) is 0 Å². The van der Waals surface area contributed by atoms with Gasteiger partial charge in [0, 0.05) is 21.6 Å². The number of thioether (sulfide) groups is 1. The quantitative estimate of drug-likeness (QED) is 0.456. The number of ether oxygens (including phenoxy) is 2. The Kier molecular flexibility index (Phi) is 9.88. The third kappa shape index (κ3) is 10.2. The number of rotatable bonds is 10. The summed E-state index contributed by atoms with van der Waals surface area (Å²) in [5.41, 5.74) is 0.839. The first-order chi connectivity index (χ1) is 9.73. The van der Waals surface area contributed by atoms with Crippen LogP contribution in [0, 0.1) is 0 Å². The summed E-state index contributed by atoms with van der Waals surface area (Å²) in [5, 5.41) is 0.740. The van der Waals surface area contributed by atoms with Crippen molar-refractivity contribution in [2.45, 2.75) is 51.0 Å². The standard InChI is InChI=1S/C16H26O4S/c1-11(2)15(17)19-9-7-13(5)21-14(6)8-10-20-16(18)12(3)4/h13-14H,1,3,7-10H2,2,4-6H3. The smallest absolute Gasteiger partial charge is 0.333 e. The molecule has 0 rings (SSSR count). The highest BCUT2D eigenvalue weighted by atomic mass is 32.2. The van der Waals surface area contributed by atoms with Gasteiger partial charge in [-0.3, -0.25) is 0 Å². The molecule has 4 nitrogen and oxygen atoms in total. The molecule has 2 atom stereocenters. The highest BCUT2D eigenvalue weighted by Crippen LogP contribution is 2.22. The lowest BCUT2D eigenvalue weighted by Crippen LogP contribution is -2.14. The van der Waals surface area contributed by atoms with Crippen molar-refractivity contribution in [3.63, 3.8) is 0 Å². The third-order valence-electron chi connectivity index (χ3n) is 2.68. The van der Waals surface area contributed by atoms with Crippen molar-refractivity contribution in [3.8, 4) is 0 Å². The van der Waals surface area contributed by atoms with Gasteiger partial charge in [0.05, 0.1) is 13.2 Å². The normalized spacial score (nSPS) is 13.1. The number of carbonyl (C=O) groups excluding carboxylic acids is 2. The fraction of sp³-hybridized carbons (Fsp3) is 0.625. The fourth-order valence-corrected chi connectivity index (χ4v) is 2.67. The van der Waals surface area contributed by atoms with E-state index in [1.807, 2.05) is 0 Å². The van der Waals surface area contributed by atoms with Crippen LogP contribution in [0.25, 0.3) is 0 Å². The summed E-state index contributed by atoms with van der Waals surface area (Å²) in [4.78, 5) is 22.4. The van der Waals surface area contributed by atoms with E-state index in [0.717, 1.165) is 12.8 Å². The van der Waals surface area contributed by atoms with Crippen molar-refractivity contribution in [2.24, 2.45) is 0 Å². The lowest BCUT2D eigenvalue weighted by atomic mass is 10.3. The Morgan fingerprint density at radius 2 is 1.24 bits per heavy atom. The summed E-state index contributed by atoms with van der Waals surface area (Å²) in [5.74, 6) is -0.682. The van der Waals surface area contributed by atoms with Gasteiger partial charge < -0.3 is 9.47 Å². The fourth-order valence-electron chi connectivity index (χ4n) is 1.41. The Morgan fingerprint density at radius 1 is 0.905 bits per heavy atom. The lowest BCUT2D eigenvalue weighted by Gasteiger charge is -2.17. The van der Waals surface area contributed by atoms with Gasteiger partial charge in [-0.15, -0.1) is 0 Å². The second-order valence-corrected chi connectivity index (χ2v) is 7.05. The van der Waals surface area contributed by atoms with E-state index in [1.165, 1.54) is 0 Å². The van der Waals surface area contributed by atoms with E-state index in [2.05, 4.69) is 27.0 Å². The van der Waals surface area contributed by atoms with Gasteiger partial charge in [0.1, 0.15) is 0 Å². The van der Waals surface area contributed by atoms with Gasteiger partial charge in [0.25, 0.3) is 0 Å². The van der Waals surface area contributed by atoms with Crippen LogP contribution in [0.1, 0.15) is 40.5 Å². The minimum absolute atomic E-state index is 0.341. The summed E-state index contributed by atoms with van der Waals surface area (Å²) >= 11 is 1.79.